The van der Waals surface area contributed by atoms with Crippen molar-refractivity contribution in [3.05, 3.63) is 54.1 Å². The van der Waals surface area contributed by atoms with Gasteiger partial charge in [0.15, 0.2) is 5.03 Å². The maximum Gasteiger partial charge on any atom is 0.259 e. The molecule has 0 saturated heterocycles. The first kappa shape index (κ1) is 16.5. The third-order valence-electron chi connectivity index (χ3n) is 3.63. The van der Waals surface area contributed by atoms with Gasteiger partial charge < -0.3 is 8.98 Å². The highest BCUT2D eigenvalue weighted by Crippen LogP contribution is 2.21. The van der Waals surface area contributed by atoms with E-state index >= 15 is 0 Å². The summed E-state index contributed by atoms with van der Waals surface area (Å²) < 4.78 is 36.2. The number of aryl methyl sites for hydroxylation is 3. The van der Waals surface area contributed by atoms with Crippen LogP contribution in [-0.4, -0.2) is 34.3 Å². The van der Waals surface area contributed by atoms with Crippen LogP contribution < -0.4 is 4.72 Å². The van der Waals surface area contributed by atoms with Crippen LogP contribution in [0, 0.1) is 13.8 Å². The Morgan fingerprint density at radius 3 is 2.71 bits per heavy atom. The van der Waals surface area contributed by atoms with Crippen molar-refractivity contribution in [3.8, 4) is 0 Å². The van der Waals surface area contributed by atoms with Crippen LogP contribution in [0.2, 0.25) is 0 Å². The van der Waals surface area contributed by atoms with E-state index in [2.05, 4.69) is 14.8 Å². The summed E-state index contributed by atoms with van der Waals surface area (Å²) in [7, 11) is -1.99. The second-order valence-corrected chi connectivity index (χ2v) is 7.35. The maximum absolute atomic E-state index is 12.4. The Hall–Kier alpha value is -2.39. The quantitative estimate of drug-likeness (QED) is 0.726. The van der Waals surface area contributed by atoms with Crippen LogP contribution in [0.4, 0.5) is 0 Å². The van der Waals surface area contributed by atoms with Gasteiger partial charge in [-0.2, -0.15) is 5.10 Å². The lowest BCUT2D eigenvalue weighted by atomic mass is 10.2. The molecule has 0 spiro atoms. The second-order valence-electron chi connectivity index (χ2n) is 5.63. The third kappa shape index (κ3) is 3.26. The molecule has 0 bridgehead atoms. The number of imidazole rings is 1. The average Bonchev–Trinajstić information content (AvgIpc) is 3.22. The number of rotatable bonds is 6. The summed E-state index contributed by atoms with van der Waals surface area (Å²) in [5.41, 5.74) is 1.78. The summed E-state index contributed by atoms with van der Waals surface area (Å²) in [5, 5.41) is 4.43. The van der Waals surface area contributed by atoms with Gasteiger partial charge in [-0.05, 0) is 32.0 Å². The number of aromatic nitrogens is 4. The number of furan rings is 1. The van der Waals surface area contributed by atoms with Crippen LogP contribution in [0.3, 0.4) is 0 Å². The Morgan fingerprint density at radius 2 is 2.17 bits per heavy atom. The first-order valence-electron chi connectivity index (χ1n) is 7.40. The van der Waals surface area contributed by atoms with E-state index in [1.807, 2.05) is 19.9 Å². The van der Waals surface area contributed by atoms with Crippen molar-refractivity contribution in [2.75, 3.05) is 6.54 Å². The molecule has 128 valence electrons. The minimum absolute atomic E-state index is 0.0171. The molecular weight excluding hydrogens is 330 g/mol. The minimum Gasteiger partial charge on any atom is -0.467 e. The zero-order chi connectivity index (χ0) is 17.3. The van der Waals surface area contributed by atoms with E-state index in [-0.39, 0.29) is 17.6 Å². The largest absolute Gasteiger partial charge is 0.467 e. The van der Waals surface area contributed by atoms with Gasteiger partial charge in [0.1, 0.15) is 11.8 Å². The molecule has 3 heterocycles. The molecule has 1 N–H and O–H groups in total. The summed E-state index contributed by atoms with van der Waals surface area (Å²) >= 11 is 0. The van der Waals surface area contributed by atoms with Crippen molar-refractivity contribution in [3.63, 3.8) is 0 Å². The molecule has 1 atom stereocenters. The summed E-state index contributed by atoms with van der Waals surface area (Å²) in [5.74, 6) is 0.630. The fourth-order valence-electron chi connectivity index (χ4n) is 2.54. The second kappa shape index (κ2) is 6.25. The zero-order valence-electron chi connectivity index (χ0n) is 13.7. The van der Waals surface area contributed by atoms with Gasteiger partial charge in [0.05, 0.1) is 18.3 Å². The maximum atomic E-state index is 12.4. The smallest absolute Gasteiger partial charge is 0.259 e. The lowest BCUT2D eigenvalue weighted by Crippen LogP contribution is -2.32. The average molecular weight is 349 g/mol. The van der Waals surface area contributed by atoms with Crippen molar-refractivity contribution in [1.82, 2.24) is 24.1 Å². The molecule has 0 aromatic carbocycles. The van der Waals surface area contributed by atoms with Crippen LogP contribution in [0.25, 0.3) is 0 Å². The van der Waals surface area contributed by atoms with Crippen molar-refractivity contribution < 1.29 is 12.8 Å². The van der Waals surface area contributed by atoms with Crippen molar-refractivity contribution in [2.45, 2.75) is 24.9 Å². The van der Waals surface area contributed by atoms with Crippen molar-refractivity contribution in [1.29, 1.82) is 0 Å². The fraction of sp³-hybridized carbons (Fsp3) is 0.333. The van der Waals surface area contributed by atoms with E-state index < -0.39 is 10.0 Å². The summed E-state index contributed by atoms with van der Waals surface area (Å²) in [6, 6.07) is 5.12. The number of sulfonamides is 1. The summed E-state index contributed by atoms with van der Waals surface area (Å²) in [6.07, 6.45) is 4.45. The standard InChI is InChI=1S/C15H19N5O3S/c1-11-7-12(2)20(18-11)13(14-5-4-6-23-14)8-17-24(21,22)15-9-19(3)10-16-15/h4-7,9-10,13,17H,8H2,1-3H3. The van der Waals surface area contributed by atoms with Crippen LogP contribution in [0.1, 0.15) is 23.2 Å². The molecule has 0 aliphatic rings. The Balaban J connectivity index is 1.87. The highest BCUT2D eigenvalue weighted by Gasteiger charge is 2.24. The predicted octanol–water partition coefficient (Wildman–Crippen LogP) is 1.39. The molecular formula is C15H19N5O3S. The summed E-state index contributed by atoms with van der Waals surface area (Å²) in [6.45, 7) is 3.92. The molecule has 0 saturated carbocycles. The predicted molar refractivity (Wildman–Crippen MR) is 86.9 cm³/mol. The Morgan fingerprint density at radius 1 is 1.38 bits per heavy atom. The first-order chi connectivity index (χ1) is 11.4. The van der Waals surface area contributed by atoms with Gasteiger partial charge in [0.25, 0.3) is 10.0 Å². The monoisotopic (exact) mass is 349 g/mol. The molecule has 0 fully saturated rings. The van der Waals surface area contributed by atoms with Gasteiger partial charge in [-0.1, -0.05) is 0 Å². The van der Waals surface area contributed by atoms with E-state index in [1.54, 1.807) is 34.7 Å². The molecule has 0 amide bonds. The molecule has 3 aromatic heterocycles. The van der Waals surface area contributed by atoms with E-state index in [9.17, 15) is 8.42 Å². The molecule has 1 unspecified atom stereocenters. The van der Waals surface area contributed by atoms with Gasteiger partial charge in [-0.15, -0.1) is 0 Å². The van der Waals surface area contributed by atoms with E-state index in [0.717, 1.165) is 11.4 Å². The van der Waals surface area contributed by atoms with Crippen LogP contribution in [0.5, 0.6) is 0 Å². The van der Waals surface area contributed by atoms with Crippen LogP contribution in [0.15, 0.2) is 46.4 Å². The topological polar surface area (TPSA) is 95.0 Å². The molecule has 0 aliphatic carbocycles. The molecule has 24 heavy (non-hydrogen) atoms. The van der Waals surface area contributed by atoms with Crippen LogP contribution >= 0.6 is 0 Å². The molecule has 3 rings (SSSR count). The lowest BCUT2D eigenvalue weighted by Gasteiger charge is -2.17. The van der Waals surface area contributed by atoms with E-state index in [0.29, 0.717) is 5.76 Å². The van der Waals surface area contributed by atoms with Crippen molar-refractivity contribution in [2.24, 2.45) is 7.05 Å². The Labute approximate surface area is 140 Å². The SMILES string of the molecule is Cc1cc(C)n(C(CNS(=O)(=O)c2cn(C)cn2)c2ccco2)n1. The molecule has 8 nitrogen and oxygen atoms in total. The minimum atomic E-state index is -3.70. The molecule has 9 heteroatoms. The normalized spacial score (nSPS) is 13.3. The van der Waals surface area contributed by atoms with Gasteiger partial charge in [-0.3, -0.25) is 4.68 Å². The van der Waals surface area contributed by atoms with E-state index in [1.165, 1.54) is 12.5 Å². The highest BCUT2D eigenvalue weighted by molar-refractivity contribution is 7.89. The highest BCUT2D eigenvalue weighted by atomic mass is 32.2. The fourth-order valence-corrected chi connectivity index (χ4v) is 3.56. The van der Waals surface area contributed by atoms with Gasteiger partial charge in [0, 0.05) is 25.5 Å². The first-order valence-corrected chi connectivity index (χ1v) is 8.89. The van der Waals surface area contributed by atoms with Gasteiger partial charge in [-0.25, -0.2) is 18.1 Å². The number of hydrogen-bond donors (Lipinski definition) is 1. The number of hydrogen-bond acceptors (Lipinski definition) is 5. The molecule has 0 aliphatic heterocycles. The molecule has 0 radical (unpaired) electrons. The van der Waals surface area contributed by atoms with Crippen molar-refractivity contribution >= 4 is 10.0 Å². The lowest BCUT2D eigenvalue weighted by molar-refractivity contribution is 0.396. The third-order valence-corrected chi connectivity index (χ3v) is 4.94. The number of nitrogens with zero attached hydrogens (tertiary/aromatic N) is 4. The Bertz CT molecular complexity index is 924. The van der Waals surface area contributed by atoms with Gasteiger partial charge >= 0.3 is 0 Å². The number of nitrogens with one attached hydrogen (secondary N) is 1. The van der Waals surface area contributed by atoms with Gasteiger partial charge in [0.2, 0.25) is 0 Å². The molecule has 3 aromatic rings. The Kier molecular flexibility index (Phi) is 4.29. The zero-order valence-corrected chi connectivity index (χ0v) is 14.5. The van der Waals surface area contributed by atoms with E-state index in [4.69, 9.17) is 4.42 Å². The summed E-state index contributed by atoms with van der Waals surface area (Å²) in [4.78, 5) is 3.89. The van der Waals surface area contributed by atoms with Crippen LogP contribution in [-0.2, 0) is 17.1 Å².